The third-order valence-corrected chi connectivity index (χ3v) is 3.32. The van der Waals surface area contributed by atoms with Gasteiger partial charge in [0.05, 0.1) is 11.6 Å². The Bertz CT molecular complexity index is 676. The van der Waals surface area contributed by atoms with Crippen molar-refractivity contribution in [2.24, 2.45) is 0 Å². The van der Waals surface area contributed by atoms with Gasteiger partial charge in [-0.3, -0.25) is 0 Å². The Labute approximate surface area is 139 Å². The molecule has 0 saturated heterocycles. The first-order valence-electron chi connectivity index (χ1n) is 7.45. The second kappa shape index (κ2) is 9.79. The molecular weight excluding hydrogens is 310 g/mol. The summed E-state index contributed by atoms with van der Waals surface area (Å²) >= 11 is 0. The van der Waals surface area contributed by atoms with Crippen LogP contribution in [0.2, 0.25) is 0 Å². The SMILES string of the molecule is CCCCC(c1ccc(C#N)cc1)c1ncc[nH]1.O=C(O)C(=O)O. The van der Waals surface area contributed by atoms with E-state index in [2.05, 4.69) is 23.0 Å². The molecule has 0 aliphatic carbocycles. The summed E-state index contributed by atoms with van der Waals surface area (Å²) in [5.74, 6) is -2.34. The van der Waals surface area contributed by atoms with E-state index in [1.54, 1.807) is 6.20 Å². The number of carboxylic acids is 2. The topological polar surface area (TPSA) is 127 Å². The van der Waals surface area contributed by atoms with Gasteiger partial charge < -0.3 is 15.2 Å². The Morgan fingerprint density at radius 2 is 1.88 bits per heavy atom. The third kappa shape index (κ3) is 5.93. The number of nitrogens with zero attached hydrogens (tertiary/aromatic N) is 2. The van der Waals surface area contributed by atoms with E-state index in [-0.39, 0.29) is 0 Å². The molecule has 1 aromatic carbocycles. The number of aliphatic carboxylic acids is 2. The van der Waals surface area contributed by atoms with E-state index in [0.29, 0.717) is 11.5 Å². The Hall–Kier alpha value is -3.14. The van der Waals surface area contributed by atoms with Crippen molar-refractivity contribution in [2.75, 3.05) is 0 Å². The molecule has 0 aliphatic rings. The van der Waals surface area contributed by atoms with E-state index in [1.165, 1.54) is 18.4 Å². The molecule has 0 saturated carbocycles. The van der Waals surface area contributed by atoms with E-state index >= 15 is 0 Å². The van der Waals surface area contributed by atoms with Gasteiger partial charge in [0, 0.05) is 18.3 Å². The molecule has 24 heavy (non-hydrogen) atoms. The van der Waals surface area contributed by atoms with Crippen LogP contribution in [0.25, 0.3) is 0 Å². The van der Waals surface area contributed by atoms with Crippen LogP contribution in [0.15, 0.2) is 36.7 Å². The minimum absolute atomic E-state index is 0.299. The number of unbranched alkanes of at least 4 members (excludes halogenated alkanes) is 1. The number of nitrogens with one attached hydrogen (secondary N) is 1. The second-order valence-electron chi connectivity index (χ2n) is 5.01. The summed E-state index contributed by atoms with van der Waals surface area (Å²) < 4.78 is 0. The minimum Gasteiger partial charge on any atom is -0.473 e. The first-order chi connectivity index (χ1) is 11.5. The van der Waals surface area contributed by atoms with Crippen LogP contribution in [-0.2, 0) is 9.59 Å². The number of carboxylic acid groups (broad SMARTS) is 2. The van der Waals surface area contributed by atoms with Crippen LogP contribution in [0.3, 0.4) is 0 Å². The van der Waals surface area contributed by atoms with Gasteiger partial charge in [-0.25, -0.2) is 14.6 Å². The number of aromatic amines is 1. The number of aromatic nitrogens is 2. The summed E-state index contributed by atoms with van der Waals surface area (Å²) in [7, 11) is 0. The number of hydrogen-bond acceptors (Lipinski definition) is 4. The van der Waals surface area contributed by atoms with Gasteiger partial charge >= 0.3 is 11.9 Å². The Balaban J connectivity index is 0.000000413. The number of imidazole rings is 1. The largest absolute Gasteiger partial charge is 0.473 e. The summed E-state index contributed by atoms with van der Waals surface area (Å²) in [5, 5.41) is 23.6. The maximum absolute atomic E-state index is 9.10. The van der Waals surface area contributed by atoms with E-state index < -0.39 is 11.9 Å². The molecule has 2 rings (SSSR count). The molecule has 0 fully saturated rings. The predicted molar refractivity (Wildman–Crippen MR) is 86.4 cm³/mol. The summed E-state index contributed by atoms with van der Waals surface area (Å²) in [6.07, 6.45) is 7.07. The first kappa shape index (κ1) is 18.9. The van der Waals surface area contributed by atoms with Crippen LogP contribution in [0.1, 0.15) is 49.1 Å². The lowest BCUT2D eigenvalue weighted by Gasteiger charge is -2.14. The number of H-pyrrole nitrogens is 1. The Morgan fingerprint density at radius 1 is 1.25 bits per heavy atom. The summed E-state index contributed by atoms with van der Waals surface area (Å²) in [6.45, 7) is 2.19. The van der Waals surface area contributed by atoms with E-state index in [9.17, 15) is 0 Å². The van der Waals surface area contributed by atoms with Crippen molar-refractivity contribution in [1.82, 2.24) is 9.97 Å². The molecule has 7 nitrogen and oxygen atoms in total. The quantitative estimate of drug-likeness (QED) is 0.724. The van der Waals surface area contributed by atoms with Gasteiger partial charge in [-0.15, -0.1) is 0 Å². The molecule has 0 radical (unpaired) electrons. The highest BCUT2D eigenvalue weighted by Crippen LogP contribution is 2.27. The monoisotopic (exact) mass is 329 g/mol. The average Bonchev–Trinajstić information content (AvgIpc) is 3.10. The minimum atomic E-state index is -1.82. The second-order valence-corrected chi connectivity index (χ2v) is 5.01. The molecule has 1 atom stereocenters. The molecule has 0 bridgehead atoms. The first-order valence-corrected chi connectivity index (χ1v) is 7.45. The average molecular weight is 329 g/mol. The van der Waals surface area contributed by atoms with Crippen LogP contribution in [0.5, 0.6) is 0 Å². The maximum Gasteiger partial charge on any atom is 0.414 e. The zero-order chi connectivity index (χ0) is 17.9. The van der Waals surface area contributed by atoms with Gasteiger partial charge in [0.15, 0.2) is 0 Å². The van der Waals surface area contributed by atoms with Crippen molar-refractivity contribution in [1.29, 1.82) is 5.26 Å². The molecule has 0 spiro atoms. The van der Waals surface area contributed by atoms with Crippen molar-refractivity contribution in [3.05, 3.63) is 53.6 Å². The van der Waals surface area contributed by atoms with Crippen LogP contribution < -0.4 is 0 Å². The number of rotatable bonds is 5. The van der Waals surface area contributed by atoms with Gasteiger partial charge in [0.2, 0.25) is 0 Å². The summed E-state index contributed by atoms with van der Waals surface area (Å²) in [6, 6.07) is 9.95. The predicted octanol–water partition coefficient (Wildman–Crippen LogP) is 2.76. The van der Waals surface area contributed by atoms with Crippen LogP contribution in [0.4, 0.5) is 0 Å². The summed E-state index contributed by atoms with van der Waals surface area (Å²) in [5.41, 5.74) is 1.92. The van der Waals surface area contributed by atoms with Gasteiger partial charge in [0.1, 0.15) is 5.82 Å². The molecule has 1 unspecified atom stereocenters. The van der Waals surface area contributed by atoms with Gasteiger partial charge in [0.25, 0.3) is 0 Å². The van der Waals surface area contributed by atoms with Crippen molar-refractivity contribution in [3.8, 4) is 6.07 Å². The third-order valence-electron chi connectivity index (χ3n) is 3.32. The molecule has 2 aromatic rings. The Morgan fingerprint density at radius 3 is 2.29 bits per heavy atom. The van der Waals surface area contributed by atoms with Gasteiger partial charge in [-0.05, 0) is 24.1 Å². The maximum atomic E-state index is 9.10. The lowest BCUT2D eigenvalue weighted by atomic mass is 9.92. The molecule has 0 aliphatic heterocycles. The van der Waals surface area contributed by atoms with E-state index in [4.69, 9.17) is 25.1 Å². The molecule has 1 aromatic heterocycles. The van der Waals surface area contributed by atoms with Crippen LogP contribution in [0, 0.1) is 11.3 Å². The zero-order valence-corrected chi connectivity index (χ0v) is 13.3. The number of nitriles is 1. The summed E-state index contributed by atoms with van der Waals surface area (Å²) in [4.78, 5) is 25.8. The molecule has 7 heteroatoms. The number of benzene rings is 1. The highest BCUT2D eigenvalue weighted by Gasteiger charge is 2.15. The lowest BCUT2D eigenvalue weighted by molar-refractivity contribution is -0.159. The Kier molecular flexibility index (Phi) is 7.71. The zero-order valence-electron chi connectivity index (χ0n) is 13.3. The van der Waals surface area contributed by atoms with Gasteiger partial charge in [-0.2, -0.15) is 5.26 Å². The van der Waals surface area contributed by atoms with E-state index in [1.807, 2.05) is 30.5 Å². The van der Waals surface area contributed by atoms with Crippen molar-refractivity contribution < 1.29 is 19.8 Å². The molecule has 0 amide bonds. The van der Waals surface area contributed by atoms with Crippen molar-refractivity contribution in [2.45, 2.75) is 32.1 Å². The van der Waals surface area contributed by atoms with Crippen LogP contribution in [-0.4, -0.2) is 32.1 Å². The fraction of sp³-hybridized carbons (Fsp3) is 0.294. The fourth-order valence-electron chi connectivity index (χ4n) is 2.13. The lowest BCUT2D eigenvalue weighted by Crippen LogP contribution is -2.09. The normalized spacial score (nSPS) is 10.8. The molecular formula is C17H19N3O4. The molecule has 3 N–H and O–H groups in total. The smallest absolute Gasteiger partial charge is 0.414 e. The highest BCUT2D eigenvalue weighted by atomic mass is 16.4. The standard InChI is InChI=1S/C15H17N3.C2H2O4/c1-2-3-4-14(15-17-9-10-18-15)13-7-5-12(11-16)6-8-13;3-1(4)2(5)6/h5-10,14H,2-4H2,1H3,(H,17,18);(H,3,4)(H,5,6). The fourth-order valence-corrected chi connectivity index (χ4v) is 2.13. The van der Waals surface area contributed by atoms with Crippen molar-refractivity contribution in [3.63, 3.8) is 0 Å². The highest BCUT2D eigenvalue weighted by molar-refractivity contribution is 6.27. The number of hydrogen-bond donors (Lipinski definition) is 3. The number of carbonyl (C=O) groups is 2. The van der Waals surface area contributed by atoms with Crippen molar-refractivity contribution >= 4 is 11.9 Å². The van der Waals surface area contributed by atoms with Crippen LogP contribution >= 0.6 is 0 Å². The van der Waals surface area contributed by atoms with E-state index in [0.717, 1.165) is 12.2 Å². The molecule has 126 valence electrons. The molecule has 1 heterocycles. The van der Waals surface area contributed by atoms with Gasteiger partial charge in [-0.1, -0.05) is 31.9 Å².